The molecule has 35 heteroatoms. The van der Waals surface area contributed by atoms with Gasteiger partial charge >= 0.3 is 17.9 Å². The first-order chi connectivity index (χ1) is 48.4. The van der Waals surface area contributed by atoms with Crippen LogP contribution in [0.4, 0.5) is 11.4 Å². The van der Waals surface area contributed by atoms with Crippen molar-refractivity contribution in [3.8, 4) is 0 Å². The van der Waals surface area contributed by atoms with Crippen LogP contribution in [0.5, 0.6) is 0 Å². The minimum absolute atomic E-state index is 0. The molecule has 0 spiro atoms. The molecule has 6 rings (SSSR count). The number of hydrogen-bond donors (Lipinski definition) is 7. The lowest BCUT2D eigenvalue weighted by Gasteiger charge is -2.47. The average Bonchev–Trinajstić information content (AvgIpc) is 0.781. The predicted octanol–water partition coefficient (Wildman–Crippen LogP) is 5.70. The molecule has 4 fully saturated rings. The second kappa shape index (κ2) is 38.4. The summed E-state index contributed by atoms with van der Waals surface area (Å²) in [6.45, 7) is 31.0. The van der Waals surface area contributed by atoms with Crippen molar-refractivity contribution >= 4 is 63.5 Å². The van der Waals surface area contributed by atoms with Gasteiger partial charge in [0.2, 0.25) is 20.0 Å². The van der Waals surface area contributed by atoms with E-state index < -0.39 is 233 Å². The Kier molecular flexibility index (Phi) is 33.6. The normalized spacial score (nSPS) is 33.5. The summed E-state index contributed by atoms with van der Waals surface area (Å²) >= 11 is 0. The van der Waals surface area contributed by atoms with Crippen molar-refractivity contribution < 1.29 is 118 Å². The Morgan fingerprint density at radius 1 is 0.726 bits per heavy atom. The SMILES string of the molecule is C=C1C[C@@H](C)O[C@@H](O[C@@H]2[C@@H](C)[C@H](O[C@H]3C[C@@](C)(O)[C@@H](O)[C@H](C)O3)[C@@H](C)C(=O)O[C@H]([C@@H](C)CO[C@@H]3O[C@H](C)[C@@H](O)[C@@H](OC)[C@H]3OC)[C@H](C)[C@@H](OC(=O)CC(C)C)[C@@H](C)C(=O)[C@@](C)(OC(=O)CC(C)(C)CNS(=O)(=O)c3ccccc3[N+](=O)[O-])C[C@@H]2C)[C@@H]1O.CC(C)(N)CNS(=O)(=O)c1ccccc1[N+](=O)[O-].[B]. The number of methoxy groups -OCH3 is 2. The van der Waals surface area contributed by atoms with Gasteiger partial charge in [0, 0.05) is 84.0 Å². The second-order valence-corrected chi connectivity index (χ2v) is 34.4. The third-order valence-electron chi connectivity index (χ3n) is 19.5. The summed E-state index contributed by atoms with van der Waals surface area (Å²) < 4.78 is 125. The molecule has 599 valence electrons. The van der Waals surface area contributed by atoms with E-state index in [2.05, 4.69) is 16.0 Å². The molecule has 0 saturated carbocycles. The summed E-state index contributed by atoms with van der Waals surface area (Å²) in [6, 6.07) is 9.94. The number of rotatable bonds is 26. The zero-order valence-electron chi connectivity index (χ0n) is 64.2. The van der Waals surface area contributed by atoms with Crippen molar-refractivity contribution in [1.82, 2.24) is 9.44 Å². The van der Waals surface area contributed by atoms with Crippen LogP contribution < -0.4 is 15.2 Å². The molecule has 0 aliphatic carbocycles. The van der Waals surface area contributed by atoms with Crippen LogP contribution >= 0.6 is 0 Å². The van der Waals surface area contributed by atoms with E-state index in [4.69, 9.17) is 57.8 Å². The fraction of sp³-hybridized carbons (Fsp3) is 0.746. The standard InChI is InChI=1S/C61H98N2O23S.C10H15N3O4S.B/c1-30(2)23-43(64)82-50-36(8)49(33(5)28-78-58-53(77-18)52(76-17)47(67)39(11)81-58)84-56(70)38(10)51(83-45-27-60(15,71)55(69)40(12)80-45)35(7)48(85-57-46(66)31(3)24-34(6)79-57)32(4)25-61(16,54(68)37(50)9)86-44(65)26-59(13,14)29-62-87(74,75)42-22-20-19-21-41(42)63(72)73;1-10(2,11)7-12-18(16,17)9-6-4-3-5-8(9)13(14)15;/h19-22,30,32-40,45-53,55,57-58,62,66-67,69,71H,3,23-29H2,1-2,4-18H3;3-6,12H,7,11H2,1-2H3;/t32-,33-,34+,35+,36-,37+,38+,39+,40-,45-,46+,47+,48-,49+,50+,51-,52+,53+,55-,57-,58+,60+,61-;;/m0../s1. The highest BCUT2D eigenvalue weighted by molar-refractivity contribution is 7.90. The summed E-state index contributed by atoms with van der Waals surface area (Å²) in [6.07, 6.45) is -17.7. The number of nitrogens with zero attached hydrogens (tertiary/aromatic N) is 2. The number of carbonyl (C=O) groups excluding carboxylic acids is 4. The van der Waals surface area contributed by atoms with Gasteiger partial charge in [0.15, 0.2) is 40.0 Å². The molecule has 32 nitrogen and oxygen atoms in total. The number of hydrogen-bond acceptors (Lipinski definition) is 28. The lowest BCUT2D eigenvalue weighted by molar-refractivity contribution is -0.388. The molecule has 2 aromatic carbocycles. The van der Waals surface area contributed by atoms with E-state index in [1.807, 2.05) is 0 Å². The van der Waals surface area contributed by atoms with Crippen molar-refractivity contribution in [3.05, 3.63) is 80.9 Å². The van der Waals surface area contributed by atoms with Gasteiger partial charge in [0.05, 0.1) is 70.8 Å². The van der Waals surface area contributed by atoms with Crippen LogP contribution in [-0.2, 0) is 91.3 Å². The largest absolute Gasteiger partial charge is 0.461 e. The third kappa shape index (κ3) is 24.5. The Balaban J connectivity index is 0.00000109. The van der Waals surface area contributed by atoms with Gasteiger partial charge in [-0.25, -0.2) is 26.3 Å². The maximum absolute atomic E-state index is 16.0. The molecule has 4 aliphatic rings. The third-order valence-corrected chi connectivity index (χ3v) is 22.4. The van der Waals surface area contributed by atoms with Crippen LogP contribution in [0.1, 0.15) is 150 Å². The Hall–Kier alpha value is -5.58. The number of aliphatic hydroxyl groups is 4. The highest BCUT2D eigenvalue weighted by Gasteiger charge is 2.54. The number of carbonyl (C=O) groups is 4. The highest BCUT2D eigenvalue weighted by Crippen LogP contribution is 2.43. The number of aliphatic hydroxyl groups excluding tert-OH is 3. The van der Waals surface area contributed by atoms with Gasteiger partial charge in [0.25, 0.3) is 11.4 Å². The lowest BCUT2D eigenvalue weighted by atomic mass is 9.74. The maximum atomic E-state index is 16.0. The molecule has 2 aromatic rings. The van der Waals surface area contributed by atoms with Gasteiger partial charge < -0.3 is 78.3 Å². The summed E-state index contributed by atoms with van der Waals surface area (Å²) in [5.74, 6) is -9.86. The summed E-state index contributed by atoms with van der Waals surface area (Å²) in [7, 11) is -5.65. The van der Waals surface area contributed by atoms with Crippen LogP contribution in [0.25, 0.3) is 0 Å². The van der Waals surface area contributed by atoms with Crippen LogP contribution in [0.3, 0.4) is 0 Å². The van der Waals surface area contributed by atoms with Crippen molar-refractivity contribution in [1.29, 1.82) is 0 Å². The lowest BCUT2D eigenvalue weighted by Crippen LogP contribution is -2.59. The number of cyclic esters (lactones) is 1. The van der Waals surface area contributed by atoms with Gasteiger partial charge in [-0.15, -0.1) is 0 Å². The number of ether oxygens (including phenoxy) is 11. The number of nitro groups is 2. The van der Waals surface area contributed by atoms with E-state index in [0.717, 1.165) is 18.2 Å². The molecule has 106 heavy (non-hydrogen) atoms. The predicted molar refractivity (Wildman–Crippen MR) is 385 cm³/mol. The number of esters is 3. The Morgan fingerprint density at radius 3 is 1.77 bits per heavy atom. The van der Waals surface area contributed by atoms with Crippen LogP contribution in [0.15, 0.2) is 70.5 Å². The van der Waals surface area contributed by atoms with Gasteiger partial charge in [-0.1, -0.05) is 93.2 Å². The van der Waals surface area contributed by atoms with E-state index in [1.54, 1.807) is 96.9 Å². The molecule has 0 aromatic heterocycles. The van der Waals surface area contributed by atoms with Crippen molar-refractivity contribution in [3.63, 3.8) is 0 Å². The van der Waals surface area contributed by atoms with E-state index in [9.17, 15) is 67.1 Å². The number of ketones is 1. The molecular formula is C71H113BN5O27S2. The fourth-order valence-corrected chi connectivity index (χ4v) is 16.5. The summed E-state index contributed by atoms with van der Waals surface area (Å²) in [4.78, 5) is 80.3. The summed E-state index contributed by atoms with van der Waals surface area (Å²) in [5.41, 5.74) is -0.973. The molecular weight excluding hydrogens is 1430 g/mol. The smallest absolute Gasteiger partial charge is 0.311 e. The first kappa shape index (κ1) is 92.8. The molecule has 8 N–H and O–H groups in total. The fourth-order valence-electron chi connectivity index (χ4n) is 13.7. The zero-order valence-corrected chi connectivity index (χ0v) is 65.9. The Bertz CT molecular complexity index is 3550. The molecule has 3 radical (unpaired) electrons. The molecule has 0 bridgehead atoms. The molecule has 0 unspecified atom stereocenters. The minimum Gasteiger partial charge on any atom is -0.461 e. The van der Waals surface area contributed by atoms with Crippen molar-refractivity contribution in [2.45, 2.75) is 268 Å². The van der Waals surface area contributed by atoms with Crippen molar-refractivity contribution in [2.75, 3.05) is 33.9 Å². The summed E-state index contributed by atoms with van der Waals surface area (Å²) in [5, 5.41) is 67.6. The second-order valence-electron chi connectivity index (χ2n) is 30.9. The van der Waals surface area contributed by atoms with Gasteiger partial charge in [-0.3, -0.25) is 39.4 Å². The first-order valence-electron chi connectivity index (χ1n) is 35.2. The topological polar surface area (TPSA) is 455 Å². The number of benzene rings is 2. The van der Waals surface area contributed by atoms with E-state index >= 15 is 9.59 Å². The van der Waals surface area contributed by atoms with Crippen LogP contribution in [0, 0.1) is 67.1 Å². The van der Waals surface area contributed by atoms with Crippen LogP contribution in [0.2, 0.25) is 0 Å². The monoisotopic (exact) mass is 1540 g/mol. The van der Waals surface area contributed by atoms with E-state index in [0.29, 0.717) is 12.0 Å². The number of Topliss-reactive ketones (excluding diaryl/α,β-unsaturated/α-hetero) is 1. The van der Waals surface area contributed by atoms with E-state index in [1.165, 1.54) is 65.3 Å². The minimum atomic E-state index is -4.52. The van der Waals surface area contributed by atoms with Gasteiger partial charge in [0.1, 0.15) is 42.7 Å². The molecule has 4 saturated heterocycles. The Morgan fingerprint density at radius 2 is 1.26 bits per heavy atom. The van der Waals surface area contributed by atoms with Gasteiger partial charge in [-0.05, 0) is 103 Å². The highest BCUT2D eigenvalue weighted by atomic mass is 32.2. The van der Waals surface area contributed by atoms with Crippen molar-refractivity contribution in [2.24, 2.45) is 52.6 Å². The molecule has 0 amide bonds. The molecule has 4 heterocycles. The molecule has 23 atom stereocenters. The average molecular weight is 1540 g/mol. The number of sulfonamides is 2. The van der Waals surface area contributed by atoms with Gasteiger partial charge in [-0.2, -0.15) is 0 Å². The maximum Gasteiger partial charge on any atom is 0.311 e. The number of nitrogens with one attached hydrogen (secondary N) is 2. The quantitative estimate of drug-likeness (QED) is 0.0148. The first-order valence-corrected chi connectivity index (χ1v) is 38.2. The number of para-hydroxylation sites is 2. The van der Waals surface area contributed by atoms with E-state index in [-0.39, 0.29) is 51.6 Å². The molecule has 4 aliphatic heterocycles. The number of nitrogens with two attached hydrogens (primary N) is 1. The zero-order chi connectivity index (χ0) is 79.6. The van der Waals surface area contributed by atoms with Crippen LogP contribution in [-0.4, -0.2) is 222 Å². The number of nitro benzene ring substituents is 2. The Labute approximate surface area is 624 Å².